The number of methoxy groups -OCH3 is 2. The van der Waals surface area contributed by atoms with E-state index in [1.807, 2.05) is 66.7 Å². The molecule has 2 aromatic heterocycles. The molecule has 4 heterocycles. The number of hydrogen-bond donors (Lipinski definition) is 3. The van der Waals surface area contributed by atoms with Gasteiger partial charge in [-0.1, -0.05) is 54.6 Å². The number of aliphatic hydroxyl groups excluding tert-OH is 2. The summed E-state index contributed by atoms with van der Waals surface area (Å²) in [5, 5.41) is 24.8. The molecule has 5 aromatic rings. The van der Waals surface area contributed by atoms with Gasteiger partial charge in [-0.05, 0) is 47.4 Å². The van der Waals surface area contributed by atoms with Gasteiger partial charge in [-0.25, -0.2) is 15.0 Å². The number of rotatable bonds is 11. The van der Waals surface area contributed by atoms with Crippen LogP contribution in [0.2, 0.25) is 0 Å². The van der Waals surface area contributed by atoms with Crippen LogP contribution in [-0.2, 0) is 19.7 Å². The van der Waals surface area contributed by atoms with Gasteiger partial charge in [-0.2, -0.15) is 0 Å². The lowest BCUT2D eigenvalue weighted by Gasteiger charge is -2.37. The maximum absolute atomic E-state index is 11.0. The molecule has 5 atom stereocenters. The van der Waals surface area contributed by atoms with Crippen LogP contribution in [0.1, 0.15) is 35.8 Å². The molecule has 2 aliphatic rings. The van der Waals surface area contributed by atoms with Crippen LogP contribution >= 0.6 is 0 Å². The zero-order valence-corrected chi connectivity index (χ0v) is 26.1. The summed E-state index contributed by atoms with van der Waals surface area (Å²) >= 11 is 0. The number of imidazole rings is 1. The van der Waals surface area contributed by atoms with E-state index < -0.39 is 36.4 Å². The molecular formula is C35H37N5O7. The second-order valence-corrected chi connectivity index (χ2v) is 11.5. The summed E-state index contributed by atoms with van der Waals surface area (Å²) in [6, 6.07) is 25.9. The molecule has 47 heavy (non-hydrogen) atoms. The van der Waals surface area contributed by atoms with E-state index in [2.05, 4.69) is 22.4 Å². The van der Waals surface area contributed by atoms with Crippen molar-refractivity contribution in [3.05, 3.63) is 108 Å². The molecule has 0 aliphatic carbocycles. The molecule has 244 valence electrons. The predicted octanol–water partition coefficient (Wildman–Crippen LogP) is 4.02. The first-order chi connectivity index (χ1) is 23.0. The molecule has 2 saturated heterocycles. The number of hydrogen-bond acceptors (Lipinski definition) is 11. The van der Waals surface area contributed by atoms with Gasteiger partial charge in [0.1, 0.15) is 41.7 Å². The molecule has 12 nitrogen and oxygen atoms in total. The maximum Gasteiger partial charge on any atom is 0.167 e. The van der Waals surface area contributed by atoms with E-state index in [1.165, 1.54) is 6.33 Å². The fourth-order valence-corrected chi connectivity index (χ4v) is 6.46. The quantitative estimate of drug-likeness (QED) is 0.180. The SMILES string of the molecule is COc1ccc(C(Nc2ncnc3c2ncn3[C@@H]2O[C@H](CO)[C@@H](O)[C@H]2OC2CCCO2)(c2ccccc2)c2ccc(OC)cc2)cc1. The van der Waals surface area contributed by atoms with E-state index in [0.29, 0.717) is 30.0 Å². The molecule has 2 aliphatic heterocycles. The number of aromatic nitrogens is 4. The summed E-state index contributed by atoms with van der Waals surface area (Å²) in [6.07, 6.45) is 0.594. The van der Waals surface area contributed by atoms with Gasteiger partial charge in [-0.3, -0.25) is 4.57 Å². The van der Waals surface area contributed by atoms with Crippen molar-refractivity contribution in [2.45, 2.75) is 49.2 Å². The highest BCUT2D eigenvalue weighted by Gasteiger charge is 2.47. The smallest absolute Gasteiger partial charge is 0.167 e. The third-order valence-electron chi connectivity index (χ3n) is 8.88. The summed E-state index contributed by atoms with van der Waals surface area (Å²) in [5.41, 5.74) is 2.82. The summed E-state index contributed by atoms with van der Waals surface area (Å²) < 4.78 is 30.7. The Balaban J connectivity index is 1.35. The molecule has 0 bridgehead atoms. The molecule has 0 spiro atoms. The lowest BCUT2D eigenvalue weighted by Crippen LogP contribution is -2.38. The van der Waals surface area contributed by atoms with Crippen molar-refractivity contribution in [1.29, 1.82) is 0 Å². The van der Waals surface area contributed by atoms with E-state index in [9.17, 15) is 10.2 Å². The Morgan fingerprint density at radius 2 is 1.55 bits per heavy atom. The van der Waals surface area contributed by atoms with Gasteiger partial charge < -0.3 is 39.2 Å². The summed E-state index contributed by atoms with van der Waals surface area (Å²) in [4.78, 5) is 14.0. The minimum absolute atomic E-state index is 0.374. The summed E-state index contributed by atoms with van der Waals surface area (Å²) in [7, 11) is 3.28. The van der Waals surface area contributed by atoms with Gasteiger partial charge in [0, 0.05) is 13.0 Å². The van der Waals surface area contributed by atoms with Crippen molar-refractivity contribution in [3.8, 4) is 11.5 Å². The van der Waals surface area contributed by atoms with Crippen LogP contribution in [0.4, 0.5) is 5.82 Å². The minimum Gasteiger partial charge on any atom is -0.497 e. The fraction of sp³-hybridized carbons (Fsp3) is 0.343. The molecule has 7 rings (SSSR count). The summed E-state index contributed by atoms with van der Waals surface area (Å²) in [5.74, 6) is 1.93. The first-order valence-corrected chi connectivity index (χ1v) is 15.6. The second kappa shape index (κ2) is 13.3. The van der Waals surface area contributed by atoms with Gasteiger partial charge in [0.05, 0.1) is 27.2 Å². The highest BCUT2D eigenvalue weighted by molar-refractivity contribution is 5.84. The van der Waals surface area contributed by atoms with Crippen molar-refractivity contribution < 1.29 is 33.9 Å². The van der Waals surface area contributed by atoms with Gasteiger partial charge in [0.2, 0.25) is 0 Å². The molecule has 1 unspecified atom stereocenters. The van der Waals surface area contributed by atoms with E-state index in [-0.39, 0.29) is 6.61 Å². The Morgan fingerprint density at radius 1 is 0.894 bits per heavy atom. The van der Waals surface area contributed by atoms with Crippen molar-refractivity contribution in [2.24, 2.45) is 0 Å². The lowest BCUT2D eigenvalue weighted by atomic mass is 9.77. The van der Waals surface area contributed by atoms with Crippen molar-refractivity contribution in [3.63, 3.8) is 0 Å². The monoisotopic (exact) mass is 639 g/mol. The lowest BCUT2D eigenvalue weighted by molar-refractivity contribution is -0.181. The van der Waals surface area contributed by atoms with Crippen LogP contribution in [0, 0.1) is 0 Å². The largest absolute Gasteiger partial charge is 0.497 e. The highest BCUT2D eigenvalue weighted by Crippen LogP contribution is 2.42. The Kier molecular flexibility index (Phi) is 8.76. The van der Waals surface area contributed by atoms with Crippen LogP contribution < -0.4 is 14.8 Å². The molecule has 3 aromatic carbocycles. The zero-order chi connectivity index (χ0) is 32.4. The van der Waals surface area contributed by atoms with Crippen molar-refractivity contribution in [1.82, 2.24) is 19.5 Å². The average Bonchev–Trinajstić information content (AvgIpc) is 3.88. The van der Waals surface area contributed by atoms with Crippen LogP contribution in [0.5, 0.6) is 11.5 Å². The van der Waals surface area contributed by atoms with Gasteiger partial charge in [0.25, 0.3) is 0 Å². The third kappa shape index (κ3) is 5.68. The normalized spacial score (nSPS) is 22.9. The van der Waals surface area contributed by atoms with Crippen LogP contribution in [0.15, 0.2) is 91.5 Å². The Morgan fingerprint density at radius 3 is 2.15 bits per heavy atom. The van der Waals surface area contributed by atoms with E-state index >= 15 is 0 Å². The van der Waals surface area contributed by atoms with E-state index in [0.717, 1.165) is 34.6 Å². The Labute approximate surface area is 271 Å². The molecular weight excluding hydrogens is 602 g/mol. The molecule has 0 radical (unpaired) electrons. The topological polar surface area (TPSA) is 142 Å². The Hall–Kier alpha value is -4.59. The maximum atomic E-state index is 11.0. The number of anilines is 1. The van der Waals surface area contributed by atoms with Crippen molar-refractivity contribution >= 4 is 17.0 Å². The molecule has 0 amide bonds. The van der Waals surface area contributed by atoms with E-state index in [4.69, 9.17) is 33.7 Å². The predicted molar refractivity (Wildman–Crippen MR) is 172 cm³/mol. The standard InChI is InChI=1S/C35H37N5O7/c1-43-25-14-10-23(11-15-25)35(22-7-4-3-5-8-22,24-12-16-26(44-2)17-13-24)39-32-29-33(37-20-36-32)40(21-38-29)34-31(30(42)27(19-41)46-34)47-28-9-6-18-45-28/h3-5,7-8,10-17,20-21,27-28,30-31,34,41-42H,6,9,18-19H2,1-2H3,(H,36,37,39)/t27-,28?,30-,31-,34-/m1/s1. The number of benzene rings is 3. The molecule has 2 fully saturated rings. The summed E-state index contributed by atoms with van der Waals surface area (Å²) in [6.45, 7) is 0.213. The highest BCUT2D eigenvalue weighted by atomic mass is 16.7. The first-order valence-electron chi connectivity index (χ1n) is 15.6. The molecule has 12 heteroatoms. The number of nitrogens with zero attached hydrogens (tertiary/aromatic N) is 4. The average molecular weight is 640 g/mol. The zero-order valence-electron chi connectivity index (χ0n) is 26.1. The third-order valence-corrected chi connectivity index (χ3v) is 8.88. The Bertz CT molecular complexity index is 1730. The van der Waals surface area contributed by atoms with Gasteiger partial charge in [-0.15, -0.1) is 0 Å². The van der Waals surface area contributed by atoms with Crippen LogP contribution in [0.25, 0.3) is 11.2 Å². The van der Waals surface area contributed by atoms with Gasteiger partial charge in [0.15, 0.2) is 29.5 Å². The van der Waals surface area contributed by atoms with Crippen LogP contribution in [-0.4, -0.2) is 81.8 Å². The second-order valence-electron chi connectivity index (χ2n) is 11.5. The molecule has 0 saturated carbocycles. The molecule has 3 N–H and O–H groups in total. The number of aliphatic hydroxyl groups is 2. The fourth-order valence-electron chi connectivity index (χ4n) is 6.46. The minimum atomic E-state index is -1.08. The van der Waals surface area contributed by atoms with Crippen LogP contribution in [0.3, 0.4) is 0 Å². The number of ether oxygens (including phenoxy) is 5. The first kappa shape index (κ1) is 31.0. The number of fused-ring (bicyclic) bond motifs is 1. The van der Waals surface area contributed by atoms with Crippen molar-refractivity contribution in [2.75, 3.05) is 32.8 Å². The number of nitrogens with one attached hydrogen (secondary N) is 1. The van der Waals surface area contributed by atoms with Gasteiger partial charge >= 0.3 is 0 Å². The van der Waals surface area contributed by atoms with E-state index in [1.54, 1.807) is 25.1 Å².